The summed E-state index contributed by atoms with van der Waals surface area (Å²) in [6.45, 7) is 5.04. The van der Waals surface area contributed by atoms with Crippen molar-refractivity contribution in [3.05, 3.63) is 27.9 Å². The summed E-state index contributed by atoms with van der Waals surface area (Å²) in [6.07, 6.45) is 2.61. The maximum atomic E-state index is 12.4. The Morgan fingerprint density at radius 1 is 1.39 bits per heavy atom. The molecule has 0 bridgehead atoms. The smallest absolute Gasteiger partial charge is 0.276 e. The third kappa shape index (κ3) is 3.84. The lowest BCUT2D eigenvalue weighted by atomic mass is 10.1. The number of carbonyl (C=O) groups is 1. The summed E-state index contributed by atoms with van der Waals surface area (Å²) in [7, 11) is 1.59. The van der Waals surface area contributed by atoms with E-state index in [4.69, 9.17) is 21.7 Å². The van der Waals surface area contributed by atoms with E-state index in [0.717, 1.165) is 16.5 Å². The minimum absolute atomic E-state index is 0.109. The highest BCUT2D eigenvalue weighted by atomic mass is 79.9. The van der Waals surface area contributed by atoms with Gasteiger partial charge in [0.2, 0.25) is 0 Å². The summed E-state index contributed by atoms with van der Waals surface area (Å²) in [5, 5.41) is 3.41. The van der Waals surface area contributed by atoms with Crippen molar-refractivity contribution in [1.29, 1.82) is 0 Å². The topological polar surface area (TPSA) is 50.8 Å². The molecule has 0 aromatic heterocycles. The number of carbonyl (C=O) groups excluding carboxylic acids is 1. The first-order chi connectivity index (χ1) is 11.0. The molecule has 0 atom stereocenters. The quantitative estimate of drug-likeness (QED) is 0.588. The zero-order valence-electron chi connectivity index (χ0n) is 13.3. The minimum atomic E-state index is -0.109. The fourth-order valence-electron chi connectivity index (χ4n) is 2.30. The van der Waals surface area contributed by atoms with Gasteiger partial charge >= 0.3 is 0 Å². The molecule has 0 spiro atoms. The second-order valence-electron chi connectivity index (χ2n) is 4.91. The van der Waals surface area contributed by atoms with E-state index >= 15 is 0 Å². The summed E-state index contributed by atoms with van der Waals surface area (Å²) in [4.78, 5) is 13.9. The van der Waals surface area contributed by atoms with Crippen LogP contribution in [0.5, 0.6) is 11.5 Å². The number of amides is 1. The summed E-state index contributed by atoms with van der Waals surface area (Å²) < 4.78 is 11.7. The van der Waals surface area contributed by atoms with Crippen LogP contribution in [-0.2, 0) is 4.79 Å². The van der Waals surface area contributed by atoms with Crippen LogP contribution in [0, 0.1) is 0 Å². The molecule has 7 heteroatoms. The van der Waals surface area contributed by atoms with Gasteiger partial charge in [-0.25, -0.2) is 0 Å². The van der Waals surface area contributed by atoms with E-state index in [1.807, 2.05) is 26.0 Å². The van der Waals surface area contributed by atoms with Gasteiger partial charge in [0, 0.05) is 6.54 Å². The van der Waals surface area contributed by atoms with E-state index in [2.05, 4.69) is 21.2 Å². The van der Waals surface area contributed by atoms with E-state index < -0.39 is 0 Å². The molecule has 0 radical (unpaired) electrons. The Labute approximate surface area is 149 Å². The van der Waals surface area contributed by atoms with Crippen molar-refractivity contribution in [2.45, 2.75) is 20.3 Å². The Balaban J connectivity index is 2.36. The molecular formula is C16H19BrN2O3S. The third-order valence-corrected chi connectivity index (χ3v) is 4.17. The fraction of sp³-hybridized carbons (Fsp3) is 0.375. The van der Waals surface area contributed by atoms with Gasteiger partial charge in [-0.15, -0.1) is 0 Å². The highest BCUT2D eigenvalue weighted by Gasteiger charge is 2.29. The summed E-state index contributed by atoms with van der Waals surface area (Å²) in [6, 6.07) is 3.70. The highest BCUT2D eigenvalue weighted by Crippen LogP contribution is 2.37. The van der Waals surface area contributed by atoms with Crippen molar-refractivity contribution >= 4 is 45.2 Å². The number of hydrogen-bond donors (Lipinski definition) is 1. The Kier molecular flexibility index (Phi) is 6.01. The number of hydrogen-bond acceptors (Lipinski definition) is 4. The fourth-order valence-corrected chi connectivity index (χ4v) is 3.20. The number of benzene rings is 1. The van der Waals surface area contributed by atoms with E-state index in [1.165, 1.54) is 0 Å². The van der Waals surface area contributed by atoms with E-state index in [-0.39, 0.29) is 5.91 Å². The number of methoxy groups -OCH3 is 1. The minimum Gasteiger partial charge on any atom is -0.492 e. The van der Waals surface area contributed by atoms with Crippen molar-refractivity contribution in [2.24, 2.45) is 0 Å². The number of halogens is 1. The van der Waals surface area contributed by atoms with Crippen molar-refractivity contribution in [3.8, 4) is 11.5 Å². The predicted molar refractivity (Wildman–Crippen MR) is 97.6 cm³/mol. The van der Waals surface area contributed by atoms with Crippen LogP contribution < -0.4 is 14.8 Å². The molecule has 0 saturated carbocycles. The standard InChI is InChI=1S/C16H19BrN2O3S/c1-4-6-19-15(20)12(18-16(19)23)8-10-7-11(17)14(21-3)13(9-10)22-5-2/h7-9H,4-6H2,1-3H3,(H,18,23)/b12-8-. The molecule has 1 aliphatic heterocycles. The van der Waals surface area contributed by atoms with Gasteiger partial charge in [0.1, 0.15) is 5.70 Å². The van der Waals surface area contributed by atoms with Crippen molar-refractivity contribution in [1.82, 2.24) is 10.2 Å². The zero-order chi connectivity index (χ0) is 17.0. The Bertz CT molecular complexity index is 661. The van der Waals surface area contributed by atoms with Gasteiger partial charge in [-0.2, -0.15) is 0 Å². The lowest BCUT2D eigenvalue weighted by Crippen LogP contribution is -2.31. The van der Waals surface area contributed by atoms with Crippen LogP contribution in [0.2, 0.25) is 0 Å². The SMILES string of the molecule is CCCN1C(=O)/C(=C/c2cc(Br)c(OC)c(OCC)c2)NC1=S. The number of nitrogens with zero attached hydrogens (tertiary/aromatic N) is 1. The van der Waals surface area contributed by atoms with Crippen LogP contribution in [0.15, 0.2) is 22.3 Å². The zero-order valence-corrected chi connectivity index (χ0v) is 15.7. The molecule has 2 rings (SSSR count). The van der Waals surface area contributed by atoms with Crippen molar-refractivity contribution in [2.75, 3.05) is 20.3 Å². The average Bonchev–Trinajstić information content (AvgIpc) is 2.75. The molecule has 23 heavy (non-hydrogen) atoms. The highest BCUT2D eigenvalue weighted by molar-refractivity contribution is 9.10. The molecule has 1 N–H and O–H groups in total. The molecule has 1 fully saturated rings. The first-order valence-electron chi connectivity index (χ1n) is 7.36. The number of nitrogens with one attached hydrogen (secondary N) is 1. The first kappa shape index (κ1) is 17.7. The maximum Gasteiger partial charge on any atom is 0.276 e. The van der Waals surface area contributed by atoms with Gasteiger partial charge in [-0.1, -0.05) is 6.92 Å². The monoisotopic (exact) mass is 398 g/mol. The van der Waals surface area contributed by atoms with Crippen LogP contribution in [0.1, 0.15) is 25.8 Å². The molecule has 5 nitrogen and oxygen atoms in total. The van der Waals surface area contributed by atoms with Crippen LogP contribution in [0.3, 0.4) is 0 Å². The van der Waals surface area contributed by atoms with Crippen LogP contribution in [0.4, 0.5) is 0 Å². The van der Waals surface area contributed by atoms with Gasteiger partial charge in [0.05, 0.1) is 18.2 Å². The van der Waals surface area contributed by atoms with E-state index in [0.29, 0.717) is 35.5 Å². The Morgan fingerprint density at radius 3 is 2.74 bits per heavy atom. The molecule has 1 aliphatic rings. The summed E-state index contributed by atoms with van der Waals surface area (Å²) >= 11 is 8.67. The average molecular weight is 399 g/mol. The first-order valence-corrected chi connectivity index (χ1v) is 8.56. The third-order valence-electron chi connectivity index (χ3n) is 3.26. The molecule has 0 unspecified atom stereocenters. The number of thiocarbonyl (C=S) groups is 1. The molecular weight excluding hydrogens is 380 g/mol. The van der Waals surface area contributed by atoms with Gasteiger partial charge in [0.15, 0.2) is 16.6 Å². The molecule has 124 valence electrons. The lowest BCUT2D eigenvalue weighted by Gasteiger charge is -2.12. The van der Waals surface area contributed by atoms with Crippen LogP contribution in [0.25, 0.3) is 6.08 Å². The van der Waals surface area contributed by atoms with Gasteiger partial charge < -0.3 is 14.8 Å². The van der Waals surface area contributed by atoms with E-state index in [1.54, 1.807) is 18.1 Å². The number of rotatable bonds is 6. The molecule has 1 amide bonds. The normalized spacial score (nSPS) is 16.0. The second-order valence-corrected chi connectivity index (χ2v) is 6.15. The Morgan fingerprint density at radius 2 is 2.13 bits per heavy atom. The number of ether oxygens (including phenoxy) is 2. The summed E-state index contributed by atoms with van der Waals surface area (Å²) in [5.41, 5.74) is 1.28. The Hall–Kier alpha value is -1.60. The lowest BCUT2D eigenvalue weighted by molar-refractivity contribution is -0.122. The van der Waals surface area contributed by atoms with Gasteiger partial charge in [-0.3, -0.25) is 9.69 Å². The molecule has 1 aromatic carbocycles. The molecule has 1 heterocycles. The van der Waals surface area contributed by atoms with Gasteiger partial charge in [0.25, 0.3) is 5.91 Å². The second kappa shape index (κ2) is 7.79. The van der Waals surface area contributed by atoms with Crippen LogP contribution in [-0.4, -0.2) is 36.2 Å². The predicted octanol–water partition coefficient (Wildman–Crippen LogP) is 3.32. The van der Waals surface area contributed by atoms with Gasteiger partial charge in [-0.05, 0) is 65.3 Å². The van der Waals surface area contributed by atoms with E-state index in [9.17, 15) is 4.79 Å². The maximum absolute atomic E-state index is 12.4. The molecule has 1 aromatic rings. The summed E-state index contributed by atoms with van der Waals surface area (Å²) in [5.74, 6) is 1.14. The molecule has 0 aliphatic carbocycles. The largest absolute Gasteiger partial charge is 0.492 e. The van der Waals surface area contributed by atoms with Crippen LogP contribution >= 0.6 is 28.1 Å². The van der Waals surface area contributed by atoms with Crippen molar-refractivity contribution < 1.29 is 14.3 Å². The van der Waals surface area contributed by atoms with Crippen molar-refractivity contribution in [3.63, 3.8) is 0 Å². The molecule has 1 saturated heterocycles.